The lowest BCUT2D eigenvalue weighted by Gasteiger charge is -2.29. The van der Waals surface area contributed by atoms with Gasteiger partial charge in [0.15, 0.2) is 0 Å². The van der Waals surface area contributed by atoms with Crippen LogP contribution in [-0.4, -0.2) is 42.0 Å². The van der Waals surface area contributed by atoms with Crippen molar-refractivity contribution in [2.45, 2.75) is 52.6 Å². The van der Waals surface area contributed by atoms with Crippen LogP contribution in [0.5, 0.6) is 0 Å². The molecule has 4 nitrogen and oxygen atoms in total. The maximum atomic E-state index is 11.8. The van der Waals surface area contributed by atoms with Crippen LogP contribution >= 0.6 is 0 Å². The maximum absolute atomic E-state index is 11.8. The topological polar surface area (TPSA) is 58.4 Å². The van der Waals surface area contributed by atoms with Crippen molar-refractivity contribution in [2.75, 3.05) is 19.6 Å². The van der Waals surface area contributed by atoms with E-state index in [0.29, 0.717) is 13.0 Å². The molecule has 16 heavy (non-hydrogen) atoms. The Hall–Kier alpha value is -0.610. The zero-order valence-corrected chi connectivity index (χ0v) is 11.3. The van der Waals surface area contributed by atoms with Crippen LogP contribution in [0.1, 0.15) is 41.0 Å². The summed E-state index contributed by atoms with van der Waals surface area (Å²) in [6.07, 6.45) is 0.482. The Balaban J connectivity index is 4.26. The lowest BCUT2D eigenvalue weighted by atomic mass is 10.1. The normalized spacial score (nSPS) is 13.9. The van der Waals surface area contributed by atoms with E-state index in [1.165, 1.54) is 0 Å². The van der Waals surface area contributed by atoms with Gasteiger partial charge in [-0.3, -0.25) is 9.69 Å². The molecule has 0 fully saturated rings. The molecule has 3 N–H and O–H groups in total. The van der Waals surface area contributed by atoms with Gasteiger partial charge in [0.25, 0.3) is 0 Å². The first-order valence-electron chi connectivity index (χ1n) is 6.09. The molecule has 0 saturated carbocycles. The quantitative estimate of drug-likeness (QED) is 0.713. The van der Waals surface area contributed by atoms with Crippen LogP contribution < -0.4 is 11.1 Å². The van der Waals surface area contributed by atoms with Crippen LogP contribution in [0.4, 0.5) is 0 Å². The Labute approximate surface area is 99.6 Å². The van der Waals surface area contributed by atoms with Gasteiger partial charge in [-0.05, 0) is 33.9 Å². The molecule has 0 aliphatic heterocycles. The Kier molecular flexibility index (Phi) is 6.60. The third-order valence-electron chi connectivity index (χ3n) is 2.54. The summed E-state index contributed by atoms with van der Waals surface area (Å²) < 4.78 is 0. The predicted molar refractivity (Wildman–Crippen MR) is 68.3 cm³/mol. The molecule has 0 heterocycles. The molecule has 0 radical (unpaired) electrons. The number of rotatable bonds is 6. The van der Waals surface area contributed by atoms with Gasteiger partial charge in [-0.2, -0.15) is 0 Å². The third kappa shape index (κ3) is 6.08. The number of hydrogen-bond donors (Lipinski definition) is 2. The van der Waals surface area contributed by atoms with E-state index in [4.69, 9.17) is 5.73 Å². The standard InChI is InChI=1S/C12H27N3O/c1-6-15(7-2)10(9-13)8-11(16)14-12(3,4)5/h10H,6-9,13H2,1-5H3,(H,14,16). The molecule has 0 aliphatic carbocycles. The average Bonchev–Trinajstić information content (AvgIpc) is 2.15. The SMILES string of the molecule is CCN(CC)C(CN)CC(=O)NC(C)(C)C. The third-order valence-corrected chi connectivity index (χ3v) is 2.54. The highest BCUT2D eigenvalue weighted by Gasteiger charge is 2.20. The molecular formula is C12H27N3O. The number of carbonyl (C=O) groups is 1. The molecule has 96 valence electrons. The fraction of sp³-hybridized carbons (Fsp3) is 0.917. The van der Waals surface area contributed by atoms with Gasteiger partial charge < -0.3 is 11.1 Å². The van der Waals surface area contributed by atoms with Crippen LogP contribution in [0.25, 0.3) is 0 Å². The lowest BCUT2D eigenvalue weighted by Crippen LogP contribution is -2.47. The maximum Gasteiger partial charge on any atom is 0.222 e. The highest BCUT2D eigenvalue weighted by molar-refractivity contribution is 5.77. The fourth-order valence-electron chi connectivity index (χ4n) is 1.78. The fourth-order valence-corrected chi connectivity index (χ4v) is 1.78. The summed E-state index contributed by atoms with van der Waals surface area (Å²) in [5.41, 5.74) is 5.55. The summed E-state index contributed by atoms with van der Waals surface area (Å²) in [6, 6.07) is 0.150. The zero-order valence-electron chi connectivity index (χ0n) is 11.3. The average molecular weight is 229 g/mol. The minimum absolute atomic E-state index is 0.0786. The first-order chi connectivity index (χ1) is 7.34. The zero-order chi connectivity index (χ0) is 12.8. The van der Waals surface area contributed by atoms with Crippen molar-refractivity contribution >= 4 is 5.91 Å². The van der Waals surface area contributed by atoms with E-state index in [-0.39, 0.29) is 17.5 Å². The van der Waals surface area contributed by atoms with E-state index in [1.54, 1.807) is 0 Å². The number of likely N-dealkylation sites (N-methyl/N-ethyl adjacent to an activating group) is 1. The number of carbonyl (C=O) groups excluding carboxylic acids is 1. The summed E-state index contributed by atoms with van der Waals surface area (Å²) in [5, 5.41) is 2.97. The van der Waals surface area contributed by atoms with E-state index in [0.717, 1.165) is 13.1 Å². The van der Waals surface area contributed by atoms with Gasteiger partial charge >= 0.3 is 0 Å². The van der Waals surface area contributed by atoms with Crippen molar-refractivity contribution < 1.29 is 4.79 Å². The van der Waals surface area contributed by atoms with Crippen LogP contribution in [0.15, 0.2) is 0 Å². The van der Waals surface area contributed by atoms with Crippen LogP contribution in [0.3, 0.4) is 0 Å². The largest absolute Gasteiger partial charge is 0.351 e. The Bertz CT molecular complexity index is 207. The second-order valence-electron chi connectivity index (χ2n) is 5.11. The van der Waals surface area contributed by atoms with E-state index < -0.39 is 0 Å². The molecule has 0 aromatic heterocycles. The van der Waals surface area contributed by atoms with Crippen LogP contribution in [-0.2, 0) is 4.79 Å². The molecular weight excluding hydrogens is 202 g/mol. The van der Waals surface area contributed by atoms with Gasteiger partial charge in [0.05, 0.1) is 0 Å². The smallest absolute Gasteiger partial charge is 0.222 e. The second-order valence-corrected chi connectivity index (χ2v) is 5.11. The molecule has 0 aromatic rings. The van der Waals surface area contributed by atoms with Crippen molar-refractivity contribution in [3.05, 3.63) is 0 Å². The Morgan fingerprint density at radius 2 is 1.81 bits per heavy atom. The molecule has 0 saturated heterocycles. The monoisotopic (exact) mass is 229 g/mol. The minimum Gasteiger partial charge on any atom is -0.351 e. The van der Waals surface area contributed by atoms with Crippen molar-refractivity contribution in [3.63, 3.8) is 0 Å². The Morgan fingerprint density at radius 3 is 2.12 bits per heavy atom. The van der Waals surface area contributed by atoms with E-state index in [9.17, 15) is 4.79 Å². The van der Waals surface area contributed by atoms with Gasteiger partial charge in [-0.25, -0.2) is 0 Å². The molecule has 1 unspecified atom stereocenters. The summed E-state index contributed by atoms with van der Waals surface area (Å²) in [6.45, 7) is 12.5. The minimum atomic E-state index is -0.167. The predicted octanol–water partition coefficient (Wildman–Crippen LogP) is 0.960. The second kappa shape index (κ2) is 6.86. The number of nitrogens with zero attached hydrogens (tertiary/aromatic N) is 1. The highest BCUT2D eigenvalue weighted by atomic mass is 16.1. The van der Waals surface area contributed by atoms with Gasteiger partial charge in [-0.15, -0.1) is 0 Å². The molecule has 0 spiro atoms. The molecule has 1 amide bonds. The van der Waals surface area contributed by atoms with Crippen LogP contribution in [0.2, 0.25) is 0 Å². The first-order valence-corrected chi connectivity index (χ1v) is 6.09. The number of nitrogens with one attached hydrogen (secondary N) is 1. The van der Waals surface area contributed by atoms with E-state index >= 15 is 0 Å². The molecule has 0 rings (SSSR count). The van der Waals surface area contributed by atoms with Crippen molar-refractivity contribution in [1.29, 1.82) is 0 Å². The summed E-state index contributed by atoms with van der Waals surface area (Å²) in [5.74, 6) is 0.0786. The molecule has 0 aromatic carbocycles. The number of nitrogens with two attached hydrogens (primary N) is 1. The first kappa shape index (κ1) is 15.4. The molecule has 0 aliphatic rings. The summed E-state index contributed by atoms with van der Waals surface area (Å²) in [7, 11) is 0. The van der Waals surface area contributed by atoms with Gasteiger partial charge in [0.2, 0.25) is 5.91 Å². The van der Waals surface area contributed by atoms with Gasteiger partial charge in [0.1, 0.15) is 0 Å². The van der Waals surface area contributed by atoms with Gasteiger partial charge in [-0.1, -0.05) is 13.8 Å². The van der Waals surface area contributed by atoms with Crippen molar-refractivity contribution in [2.24, 2.45) is 5.73 Å². The summed E-state index contributed by atoms with van der Waals surface area (Å²) >= 11 is 0. The van der Waals surface area contributed by atoms with E-state index in [1.807, 2.05) is 20.8 Å². The number of hydrogen-bond acceptors (Lipinski definition) is 3. The van der Waals surface area contributed by atoms with Crippen molar-refractivity contribution in [3.8, 4) is 0 Å². The number of amides is 1. The van der Waals surface area contributed by atoms with Crippen LogP contribution in [0, 0.1) is 0 Å². The van der Waals surface area contributed by atoms with E-state index in [2.05, 4.69) is 24.1 Å². The molecule has 0 bridgehead atoms. The highest BCUT2D eigenvalue weighted by Crippen LogP contribution is 2.05. The lowest BCUT2D eigenvalue weighted by molar-refractivity contribution is -0.123. The van der Waals surface area contributed by atoms with Gasteiger partial charge in [0, 0.05) is 24.5 Å². The molecule has 4 heteroatoms. The van der Waals surface area contributed by atoms with Crippen molar-refractivity contribution in [1.82, 2.24) is 10.2 Å². The summed E-state index contributed by atoms with van der Waals surface area (Å²) in [4.78, 5) is 14.0. The molecule has 1 atom stereocenters. The Morgan fingerprint density at radius 1 is 1.31 bits per heavy atom.